The molecule has 0 saturated heterocycles. The molecule has 0 unspecified atom stereocenters. The fourth-order valence-electron chi connectivity index (χ4n) is 2.60. The number of nitrogens with one attached hydrogen (secondary N) is 1. The molecule has 2 aromatic carbocycles. The standard InChI is InChI=1S/C20H19FN4O2/c1-25(13-14-7-8-18(27-2)17(21)11-14)19(26)15-5-3-6-16(12-15)24-20-22-9-4-10-23-20/h3-12H,13H2,1-2H3,(H,22,23,24). The van der Waals surface area contributed by atoms with E-state index >= 15 is 0 Å². The van der Waals surface area contributed by atoms with E-state index in [0.29, 0.717) is 22.8 Å². The third-order valence-corrected chi connectivity index (χ3v) is 3.91. The average molecular weight is 366 g/mol. The fraction of sp³-hybridized carbons (Fsp3) is 0.150. The molecule has 3 rings (SSSR count). The van der Waals surface area contributed by atoms with Crippen LogP contribution in [0, 0.1) is 5.82 Å². The van der Waals surface area contributed by atoms with Crippen LogP contribution in [0.5, 0.6) is 5.75 Å². The normalized spacial score (nSPS) is 10.3. The molecule has 3 aromatic rings. The molecule has 0 spiro atoms. The summed E-state index contributed by atoms with van der Waals surface area (Å²) in [7, 11) is 3.08. The Balaban J connectivity index is 1.71. The Kier molecular flexibility index (Phi) is 5.61. The highest BCUT2D eigenvalue weighted by molar-refractivity contribution is 5.95. The number of ether oxygens (including phenoxy) is 1. The molecular formula is C20H19FN4O2. The van der Waals surface area contributed by atoms with E-state index in [1.165, 1.54) is 18.1 Å². The molecule has 0 saturated carbocycles. The molecule has 0 atom stereocenters. The van der Waals surface area contributed by atoms with Gasteiger partial charge in [-0.25, -0.2) is 14.4 Å². The Hall–Kier alpha value is -3.48. The van der Waals surface area contributed by atoms with E-state index < -0.39 is 5.82 Å². The van der Waals surface area contributed by atoms with E-state index in [2.05, 4.69) is 15.3 Å². The molecule has 1 amide bonds. The first-order valence-corrected chi connectivity index (χ1v) is 8.29. The van der Waals surface area contributed by atoms with E-state index in [0.717, 1.165) is 0 Å². The van der Waals surface area contributed by atoms with Crippen molar-refractivity contribution in [2.24, 2.45) is 0 Å². The van der Waals surface area contributed by atoms with Crippen LogP contribution in [-0.4, -0.2) is 34.9 Å². The number of benzene rings is 2. The first-order valence-electron chi connectivity index (χ1n) is 8.29. The van der Waals surface area contributed by atoms with Crippen LogP contribution in [0.3, 0.4) is 0 Å². The van der Waals surface area contributed by atoms with Crippen molar-refractivity contribution in [1.82, 2.24) is 14.9 Å². The lowest BCUT2D eigenvalue weighted by molar-refractivity contribution is 0.0785. The Morgan fingerprint density at radius 3 is 2.63 bits per heavy atom. The van der Waals surface area contributed by atoms with Crippen molar-refractivity contribution >= 4 is 17.5 Å². The molecule has 0 aliphatic rings. The van der Waals surface area contributed by atoms with E-state index in [4.69, 9.17) is 4.74 Å². The maximum absolute atomic E-state index is 13.8. The summed E-state index contributed by atoms with van der Waals surface area (Å²) < 4.78 is 18.7. The second-order valence-corrected chi connectivity index (χ2v) is 5.91. The van der Waals surface area contributed by atoms with Gasteiger partial charge in [0.2, 0.25) is 5.95 Å². The molecule has 0 bridgehead atoms. The predicted octanol–water partition coefficient (Wildman–Crippen LogP) is 3.64. The number of aromatic nitrogens is 2. The molecule has 1 heterocycles. The molecule has 1 N–H and O–H groups in total. The molecule has 0 radical (unpaired) electrons. The first-order chi connectivity index (χ1) is 13.1. The van der Waals surface area contributed by atoms with Gasteiger partial charge in [0.25, 0.3) is 5.91 Å². The van der Waals surface area contributed by atoms with Crippen LogP contribution in [0.15, 0.2) is 60.9 Å². The van der Waals surface area contributed by atoms with Crippen molar-refractivity contribution in [3.05, 3.63) is 77.9 Å². The molecule has 0 fully saturated rings. The number of hydrogen-bond donors (Lipinski definition) is 1. The van der Waals surface area contributed by atoms with Crippen LogP contribution in [-0.2, 0) is 6.54 Å². The summed E-state index contributed by atoms with van der Waals surface area (Å²) in [4.78, 5) is 22.4. The number of carbonyl (C=O) groups excluding carboxylic acids is 1. The SMILES string of the molecule is COc1ccc(CN(C)C(=O)c2cccc(Nc3ncccn3)c2)cc1F. The lowest BCUT2D eigenvalue weighted by Gasteiger charge is -2.18. The van der Waals surface area contributed by atoms with Crippen molar-refractivity contribution in [2.45, 2.75) is 6.54 Å². The number of rotatable bonds is 6. The molecule has 7 heteroatoms. The van der Waals surface area contributed by atoms with E-state index in [-0.39, 0.29) is 18.2 Å². The summed E-state index contributed by atoms with van der Waals surface area (Å²) >= 11 is 0. The summed E-state index contributed by atoms with van der Waals surface area (Å²) in [5.74, 6) is -0.00689. The molecule has 0 aliphatic carbocycles. The third-order valence-electron chi connectivity index (χ3n) is 3.91. The molecule has 27 heavy (non-hydrogen) atoms. The Labute approximate surface area is 156 Å². The van der Waals surface area contributed by atoms with Gasteiger partial charge in [0.1, 0.15) is 0 Å². The smallest absolute Gasteiger partial charge is 0.253 e. The van der Waals surface area contributed by atoms with Crippen molar-refractivity contribution in [2.75, 3.05) is 19.5 Å². The molecule has 6 nitrogen and oxygen atoms in total. The van der Waals surface area contributed by atoms with Gasteiger partial charge in [-0.2, -0.15) is 0 Å². The van der Waals surface area contributed by atoms with Crippen LogP contribution in [0.1, 0.15) is 15.9 Å². The minimum absolute atomic E-state index is 0.176. The van der Waals surface area contributed by atoms with E-state index in [1.807, 2.05) is 6.07 Å². The number of anilines is 2. The summed E-state index contributed by atoms with van der Waals surface area (Å²) in [6, 6.07) is 13.4. The van der Waals surface area contributed by atoms with Crippen LogP contribution in [0.2, 0.25) is 0 Å². The van der Waals surface area contributed by atoms with E-state index in [1.54, 1.807) is 55.8 Å². The zero-order chi connectivity index (χ0) is 19.2. The number of methoxy groups -OCH3 is 1. The zero-order valence-electron chi connectivity index (χ0n) is 15.0. The van der Waals surface area contributed by atoms with Crippen molar-refractivity contribution < 1.29 is 13.9 Å². The number of hydrogen-bond acceptors (Lipinski definition) is 5. The topological polar surface area (TPSA) is 67.3 Å². The Morgan fingerprint density at radius 1 is 1.15 bits per heavy atom. The monoisotopic (exact) mass is 366 g/mol. The second kappa shape index (κ2) is 8.27. The minimum atomic E-state index is -0.454. The van der Waals surface area contributed by atoms with Crippen LogP contribution < -0.4 is 10.1 Å². The van der Waals surface area contributed by atoms with Crippen molar-refractivity contribution in [3.8, 4) is 5.75 Å². The van der Waals surface area contributed by atoms with Crippen LogP contribution in [0.4, 0.5) is 16.0 Å². The van der Waals surface area contributed by atoms with Crippen LogP contribution >= 0.6 is 0 Å². The highest BCUT2D eigenvalue weighted by Crippen LogP contribution is 2.20. The summed E-state index contributed by atoms with van der Waals surface area (Å²) in [5.41, 5.74) is 1.89. The largest absolute Gasteiger partial charge is 0.494 e. The lowest BCUT2D eigenvalue weighted by atomic mass is 10.1. The maximum atomic E-state index is 13.8. The van der Waals surface area contributed by atoms with Gasteiger partial charge in [0, 0.05) is 37.2 Å². The highest BCUT2D eigenvalue weighted by Gasteiger charge is 2.14. The van der Waals surface area contributed by atoms with Crippen molar-refractivity contribution in [3.63, 3.8) is 0 Å². The van der Waals surface area contributed by atoms with Gasteiger partial charge in [0.05, 0.1) is 7.11 Å². The second-order valence-electron chi connectivity index (χ2n) is 5.91. The van der Waals surface area contributed by atoms with E-state index in [9.17, 15) is 9.18 Å². The summed E-state index contributed by atoms with van der Waals surface area (Å²) in [5, 5.41) is 3.05. The summed E-state index contributed by atoms with van der Waals surface area (Å²) in [6.07, 6.45) is 3.26. The lowest BCUT2D eigenvalue weighted by Crippen LogP contribution is -2.26. The number of carbonyl (C=O) groups is 1. The molecule has 0 aliphatic heterocycles. The highest BCUT2D eigenvalue weighted by atomic mass is 19.1. The number of nitrogens with zero attached hydrogens (tertiary/aromatic N) is 3. The Bertz CT molecular complexity index is 934. The molecule has 1 aromatic heterocycles. The minimum Gasteiger partial charge on any atom is -0.494 e. The summed E-state index contributed by atoms with van der Waals surface area (Å²) in [6.45, 7) is 0.277. The van der Waals surface area contributed by atoms with Gasteiger partial charge in [-0.05, 0) is 42.0 Å². The van der Waals surface area contributed by atoms with Gasteiger partial charge < -0.3 is 15.0 Å². The predicted molar refractivity (Wildman–Crippen MR) is 101 cm³/mol. The quantitative estimate of drug-likeness (QED) is 0.721. The molecule has 138 valence electrons. The maximum Gasteiger partial charge on any atom is 0.253 e. The number of amides is 1. The average Bonchev–Trinajstić information content (AvgIpc) is 2.68. The molecular weight excluding hydrogens is 347 g/mol. The van der Waals surface area contributed by atoms with Gasteiger partial charge >= 0.3 is 0 Å². The first kappa shape index (κ1) is 18.3. The van der Waals surface area contributed by atoms with Crippen LogP contribution in [0.25, 0.3) is 0 Å². The van der Waals surface area contributed by atoms with Crippen molar-refractivity contribution in [1.29, 1.82) is 0 Å². The fourth-order valence-corrected chi connectivity index (χ4v) is 2.60. The third kappa shape index (κ3) is 4.58. The van der Waals surface area contributed by atoms with Gasteiger partial charge in [0.15, 0.2) is 11.6 Å². The Morgan fingerprint density at radius 2 is 1.93 bits per heavy atom. The van der Waals surface area contributed by atoms with Gasteiger partial charge in [-0.3, -0.25) is 4.79 Å². The van der Waals surface area contributed by atoms with Gasteiger partial charge in [-0.1, -0.05) is 12.1 Å². The van der Waals surface area contributed by atoms with Gasteiger partial charge in [-0.15, -0.1) is 0 Å². The zero-order valence-corrected chi connectivity index (χ0v) is 15.0. The number of halogens is 1.